The van der Waals surface area contributed by atoms with Crippen molar-refractivity contribution in [1.82, 2.24) is 8.61 Å². The third-order valence-electron chi connectivity index (χ3n) is 3.27. The van der Waals surface area contributed by atoms with Crippen LogP contribution in [-0.4, -0.2) is 50.3 Å². The monoisotopic (exact) mass is 284 g/mol. The number of hydrogen-bond acceptors (Lipinski definition) is 3. The van der Waals surface area contributed by atoms with E-state index in [2.05, 4.69) is 0 Å². The van der Waals surface area contributed by atoms with Crippen LogP contribution >= 0.6 is 0 Å². The number of benzene rings is 1. The topological polar surface area (TPSA) is 49.9 Å². The molecule has 0 spiro atoms. The predicted molar refractivity (Wildman–Crippen MR) is 74.3 cm³/mol. The van der Waals surface area contributed by atoms with Gasteiger partial charge < -0.3 is 4.74 Å². The van der Waals surface area contributed by atoms with Crippen molar-refractivity contribution < 1.29 is 13.2 Å². The fourth-order valence-corrected chi connectivity index (χ4v) is 3.52. The maximum atomic E-state index is 12.2. The van der Waals surface area contributed by atoms with Crippen LogP contribution in [0.25, 0.3) is 0 Å². The Morgan fingerprint density at radius 2 is 2.00 bits per heavy atom. The summed E-state index contributed by atoms with van der Waals surface area (Å²) in [5.41, 5.74) is 0. The van der Waals surface area contributed by atoms with Crippen molar-refractivity contribution in [3.05, 3.63) is 30.3 Å². The molecule has 1 atom stereocenters. The summed E-state index contributed by atoms with van der Waals surface area (Å²) in [6.07, 6.45) is 1.73. The summed E-state index contributed by atoms with van der Waals surface area (Å²) in [6, 6.07) is 9.40. The molecule has 1 saturated heterocycles. The molecule has 0 aliphatic carbocycles. The summed E-state index contributed by atoms with van der Waals surface area (Å²) in [5.74, 6) is 0.775. The molecule has 1 unspecified atom stereocenters. The quantitative estimate of drug-likeness (QED) is 0.820. The largest absolute Gasteiger partial charge is 0.492 e. The maximum Gasteiger partial charge on any atom is 0.281 e. The third kappa shape index (κ3) is 3.26. The second-order valence-corrected chi connectivity index (χ2v) is 6.92. The average Bonchev–Trinajstić information content (AvgIpc) is 2.86. The standard InChI is InChI=1S/C13H20N2O3S/c1-14(2)19(16,17)15-10-6-7-12(15)11-18-13-8-4-3-5-9-13/h3-5,8-9,12H,6-7,10-11H2,1-2H3. The molecule has 19 heavy (non-hydrogen) atoms. The maximum absolute atomic E-state index is 12.2. The van der Waals surface area contributed by atoms with E-state index in [0.29, 0.717) is 13.2 Å². The lowest BCUT2D eigenvalue weighted by atomic mass is 10.2. The van der Waals surface area contributed by atoms with Gasteiger partial charge in [-0.05, 0) is 25.0 Å². The van der Waals surface area contributed by atoms with E-state index in [1.165, 1.54) is 8.61 Å². The highest BCUT2D eigenvalue weighted by Crippen LogP contribution is 2.23. The highest BCUT2D eigenvalue weighted by molar-refractivity contribution is 7.86. The number of hydrogen-bond donors (Lipinski definition) is 0. The fourth-order valence-electron chi connectivity index (χ4n) is 2.20. The van der Waals surface area contributed by atoms with E-state index in [0.717, 1.165) is 18.6 Å². The Labute approximate surface area is 115 Å². The molecular weight excluding hydrogens is 264 g/mol. The first-order valence-corrected chi connectivity index (χ1v) is 7.78. The van der Waals surface area contributed by atoms with E-state index in [4.69, 9.17) is 4.74 Å². The van der Waals surface area contributed by atoms with Gasteiger partial charge in [0.05, 0.1) is 6.04 Å². The summed E-state index contributed by atoms with van der Waals surface area (Å²) < 4.78 is 32.8. The Morgan fingerprint density at radius 1 is 1.32 bits per heavy atom. The molecule has 0 aromatic heterocycles. The van der Waals surface area contributed by atoms with Crippen molar-refractivity contribution >= 4 is 10.2 Å². The minimum atomic E-state index is -3.34. The first kappa shape index (κ1) is 14.3. The molecule has 0 saturated carbocycles. The smallest absolute Gasteiger partial charge is 0.281 e. The van der Waals surface area contributed by atoms with Crippen LogP contribution in [-0.2, 0) is 10.2 Å². The molecule has 1 aromatic rings. The number of nitrogens with zero attached hydrogens (tertiary/aromatic N) is 2. The second kappa shape index (κ2) is 5.90. The highest BCUT2D eigenvalue weighted by atomic mass is 32.2. The molecule has 1 heterocycles. The van der Waals surface area contributed by atoms with Crippen LogP contribution in [0, 0.1) is 0 Å². The first-order valence-electron chi connectivity index (χ1n) is 6.39. The summed E-state index contributed by atoms with van der Waals surface area (Å²) in [4.78, 5) is 0. The van der Waals surface area contributed by atoms with Crippen LogP contribution in [0.4, 0.5) is 0 Å². The molecule has 1 fully saturated rings. The summed E-state index contributed by atoms with van der Waals surface area (Å²) in [6.45, 7) is 0.973. The predicted octanol–water partition coefficient (Wildman–Crippen LogP) is 1.34. The van der Waals surface area contributed by atoms with Gasteiger partial charge in [-0.3, -0.25) is 0 Å². The van der Waals surface area contributed by atoms with Gasteiger partial charge in [-0.25, -0.2) is 0 Å². The molecule has 0 N–H and O–H groups in total. The van der Waals surface area contributed by atoms with E-state index >= 15 is 0 Å². The van der Waals surface area contributed by atoms with Crippen LogP contribution in [0.5, 0.6) is 5.75 Å². The molecular formula is C13H20N2O3S. The van der Waals surface area contributed by atoms with Gasteiger partial charge >= 0.3 is 0 Å². The average molecular weight is 284 g/mol. The molecule has 0 bridgehead atoms. The van der Waals surface area contributed by atoms with Gasteiger partial charge in [-0.15, -0.1) is 0 Å². The van der Waals surface area contributed by atoms with E-state index < -0.39 is 10.2 Å². The summed E-state index contributed by atoms with van der Waals surface area (Å²) >= 11 is 0. The first-order chi connectivity index (χ1) is 9.01. The van der Waals surface area contributed by atoms with Crippen LogP contribution in [0.2, 0.25) is 0 Å². The van der Waals surface area contributed by atoms with Gasteiger partial charge in [-0.1, -0.05) is 18.2 Å². The molecule has 5 nitrogen and oxygen atoms in total. The fraction of sp³-hybridized carbons (Fsp3) is 0.538. The van der Waals surface area contributed by atoms with Crippen molar-refractivity contribution in [2.45, 2.75) is 18.9 Å². The normalized spacial score (nSPS) is 20.9. The molecule has 1 aliphatic heterocycles. The Balaban J connectivity index is 2.00. The Kier molecular flexibility index (Phi) is 4.44. The van der Waals surface area contributed by atoms with Crippen LogP contribution in [0.15, 0.2) is 30.3 Å². The minimum absolute atomic E-state index is 0.0763. The Bertz CT molecular complexity index is 502. The lowest BCUT2D eigenvalue weighted by Crippen LogP contribution is -2.44. The van der Waals surface area contributed by atoms with Crippen molar-refractivity contribution in [1.29, 1.82) is 0 Å². The van der Waals surface area contributed by atoms with Crippen LogP contribution < -0.4 is 4.74 Å². The van der Waals surface area contributed by atoms with Gasteiger partial charge in [0.25, 0.3) is 10.2 Å². The van der Waals surface area contributed by atoms with Gasteiger partial charge in [0.15, 0.2) is 0 Å². The molecule has 2 rings (SSSR count). The lowest BCUT2D eigenvalue weighted by molar-refractivity contribution is 0.227. The number of para-hydroxylation sites is 1. The van der Waals surface area contributed by atoms with Gasteiger partial charge in [0, 0.05) is 20.6 Å². The second-order valence-electron chi connectivity index (χ2n) is 4.82. The van der Waals surface area contributed by atoms with Gasteiger partial charge in [-0.2, -0.15) is 17.0 Å². The van der Waals surface area contributed by atoms with Gasteiger partial charge in [0.1, 0.15) is 12.4 Å². The molecule has 1 aliphatic rings. The zero-order valence-corrected chi connectivity index (χ0v) is 12.1. The highest BCUT2D eigenvalue weighted by Gasteiger charge is 2.35. The number of ether oxygens (including phenoxy) is 1. The Morgan fingerprint density at radius 3 is 2.63 bits per heavy atom. The SMILES string of the molecule is CN(C)S(=O)(=O)N1CCCC1COc1ccccc1. The zero-order chi connectivity index (χ0) is 13.9. The van der Waals surface area contributed by atoms with E-state index in [1.54, 1.807) is 14.1 Å². The third-order valence-corrected chi connectivity index (χ3v) is 5.26. The summed E-state index contributed by atoms with van der Waals surface area (Å²) in [5, 5.41) is 0. The van der Waals surface area contributed by atoms with Crippen LogP contribution in [0.1, 0.15) is 12.8 Å². The Hall–Kier alpha value is -1.11. The summed E-state index contributed by atoms with van der Waals surface area (Å²) in [7, 11) is -0.227. The molecule has 0 amide bonds. The minimum Gasteiger partial charge on any atom is -0.492 e. The zero-order valence-electron chi connectivity index (χ0n) is 11.3. The molecule has 1 aromatic carbocycles. The molecule has 6 heteroatoms. The van der Waals surface area contributed by atoms with E-state index in [1.807, 2.05) is 30.3 Å². The van der Waals surface area contributed by atoms with Crippen molar-refractivity contribution in [2.75, 3.05) is 27.2 Å². The molecule has 106 valence electrons. The number of rotatable bonds is 5. The van der Waals surface area contributed by atoms with Crippen molar-refractivity contribution in [3.8, 4) is 5.75 Å². The molecule has 0 radical (unpaired) electrons. The van der Waals surface area contributed by atoms with Crippen molar-refractivity contribution in [2.24, 2.45) is 0 Å². The van der Waals surface area contributed by atoms with Crippen LogP contribution in [0.3, 0.4) is 0 Å². The van der Waals surface area contributed by atoms with Crippen molar-refractivity contribution in [3.63, 3.8) is 0 Å². The lowest BCUT2D eigenvalue weighted by Gasteiger charge is -2.26. The van der Waals surface area contributed by atoms with E-state index in [9.17, 15) is 8.42 Å². The van der Waals surface area contributed by atoms with E-state index in [-0.39, 0.29) is 6.04 Å². The van der Waals surface area contributed by atoms with Gasteiger partial charge in [0.2, 0.25) is 0 Å².